The molecule has 0 unspecified atom stereocenters. The number of hydrogen-bond donors (Lipinski definition) is 0. The quantitative estimate of drug-likeness (QED) is 0.458. The average Bonchev–Trinajstić information content (AvgIpc) is 2.80. The van der Waals surface area contributed by atoms with E-state index in [1.165, 1.54) is 0 Å². The third-order valence-corrected chi connectivity index (χ3v) is 2.42. The highest BCUT2D eigenvalue weighted by Crippen LogP contribution is 2.22. The molecule has 86 valence electrons. The summed E-state index contributed by atoms with van der Waals surface area (Å²) in [6.07, 6.45) is 5.35. The van der Waals surface area contributed by atoms with Crippen molar-refractivity contribution in [1.82, 2.24) is 14.8 Å². The molecule has 0 atom stereocenters. The molecule has 0 aliphatic carbocycles. The van der Waals surface area contributed by atoms with Crippen LogP contribution < -0.4 is 0 Å². The van der Waals surface area contributed by atoms with E-state index in [-0.39, 0.29) is 0 Å². The van der Waals surface area contributed by atoms with E-state index in [1.54, 1.807) is 12.4 Å². The van der Waals surface area contributed by atoms with Gasteiger partial charge in [0.2, 0.25) is 0 Å². The molecule has 0 spiro atoms. The van der Waals surface area contributed by atoms with Crippen molar-refractivity contribution in [2.45, 2.75) is 20.0 Å². The lowest BCUT2D eigenvalue weighted by Crippen LogP contribution is -1.93. The van der Waals surface area contributed by atoms with Gasteiger partial charge in [-0.1, -0.05) is 5.11 Å². The van der Waals surface area contributed by atoms with Crippen molar-refractivity contribution in [3.8, 4) is 11.3 Å². The number of aryl methyl sites for hydroxylation is 1. The van der Waals surface area contributed by atoms with Crippen molar-refractivity contribution in [3.05, 3.63) is 46.7 Å². The van der Waals surface area contributed by atoms with Gasteiger partial charge in [0, 0.05) is 41.2 Å². The molecular formula is C11H12N6. The minimum Gasteiger partial charge on any atom is -0.272 e. The molecule has 0 N–H and O–H groups in total. The van der Waals surface area contributed by atoms with Crippen LogP contribution in [0.5, 0.6) is 0 Å². The van der Waals surface area contributed by atoms with E-state index in [9.17, 15) is 0 Å². The van der Waals surface area contributed by atoms with Gasteiger partial charge in [-0.3, -0.25) is 9.67 Å². The highest BCUT2D eigenvalue weighted by molar-refractivity contribution is 5.61. The Balaban J connectivity index is 2.44. The summed E-state index contributed by atoms with van der Waals surface area (Å²) in [6.45, 7) is 3.11. The highest BCUT2D eigenvalue weighted by Gasteiger charge is 2.09. The van der Waals surface area contributed by atoms with E-state index >= 15 is 0 Å². The molecule has 0 radical (unpaired) electrons. The number of azide groups is 1. The first-order valence-corrected chi connectivity index (χ1v) is 5.32. The predicted molar refractivity (Wildman–Crippen MR) is 64.0 cm³/mol. The van der Waals surface area contributed by atoms with Gasteiger partial charge < -0.3 is 0 Å². The second kappa shape index (κ2) is 5.14. The fourth-order valence-corrected chi connectivity index (χ4v) is 1.60. The Morgan fingerprint density at radius 2 is 2.18 bits per heavy atom. The van der Waals surface area contributed by atoms with Gasteiger partial charge in [0.1, 0.15) is 0 Å². The molecule has 6 heteroatoms. The predicted octanol–water partition coefficient (Wildman–Crippen LogP) is 2.78. The van der Waals surface area contributed by atoms with Crippen LogP contribution in [0.1, 0.15) is 12.5 Å². The minimum atomic E-state index is 0.314. The second-order valence-electron chi connectivity index (χ2n) is 3.48. The molecule has 0 aliphatic rings. The molecule has 17 heavy (non-hydrogen) atoms. The summed E-state index contributed by atoms with van der Waals surface area (Å²) in [6, 6.07) is 3.78. The summed E-state index contributed by atoms with van der Waals surface area (Å²) >= 11 is 0. The molecule has 2 heterocycles. The van der Waals surface area contributed by atoms with Crippen LogP contribution in [-0.2, 0) is 13.1 Å². The lowest BCUT2D eigenvalue weighted by molar-refractivity contribution is 0.661. The molecule has 2 rings (SSSR count). The zero-order valence-electron chi connectivity index (χ0n) is 9.48. The third kappa shape index (κ3) is 2.43. The van der Waals surface area contributed by atoms with Crippen LogP contribution in [0, 0.1) is 0 Å². The molecule has 0 fully saturated rings. The van der Waals surface area contributed by atoms with Crippen LogP contribution in [0.4, 0.5) is 0 Å². The summed E-state index contributed by atoms with van der Waals surface area (Å²) < 4.78 is 1.83. The largest absolute Gasteiger partial charge is 0.272 e. The summed E-state index contributed by atoms with van der Waals surface area (Å²) in [7, 11) is 0. The van der Waals surface area contributed by atoms with Crippen molar-refractivity contribution in [1.29, 1.82) is 0 Å². The lowest BCUT2D eigenvalue weighted by atomic mass is 10.1. The Kier molecular flexibility index (Phi) is 3.37. The number of rotatable bonds is 4. The summed E-state index contributed by atoms with van der Waals surface area (Å²) in [5, 5.41) is 8.04. The molecule has 2 aromatic rings. The molecule has 0 amide bonds. The fourth-order valence-electron chi connectivity index (χ4n) is 1.60. The van der Waals surface area contributed by atoms with Gasteiger partial charge in [0.25, 0.3) is 0 Å². The van der Waals surface area contributed by atoms with Crippen LogP contribution in [0.25, 0.3) is 21.7 Å². The lowest BCUT2D eigenvalue weighted by Gasteiger charge is -1.98. The molecule has 0 aliphatic heterocycles. The average molecular weight is 228 g/mol. The summed E-state index contributed by atoms with van der Waals surface area (Å²) in [5.41, 5.74) is 11.1. The van der Waals surface area contributed by atoms with Gasteiger partial charge >= 0.3 is 0 Å². The Morgan fingerprint density at radius 3 is 2.82 bits per heavy atom. The van der Waals surface area contributed by atoms with Crippen molar-refractivity contribution in [2.24, 2.45) is 5.11 Å². The first kappa shape index (κ1) is 11.2. The van der Waals surface area contributed by atoms with Crippen LogP contribution in [0.2, 0.25) is 0 Å². The second-order valence-corrected chi connectivity index (χ2v) is 3.48. The first-order valence-electron chi connectivity index (χ1n) is 5.32. The van der Waals surface area contributed by atoms with Crippen LogP contribution >= 0.6 is 0 Å². The number of hydrogen-bond acceptors (Lipinski definition) is 3. The maximum atomic E-state index is 8.37. The normalized spacial score (nSPS) is 9.94. The van der Waals surface area contributed by atoms with Crippen molar-refractivity contribution in [3.63, 3.8) is 0 Å². The third-order valence-electron chi connectivity index (χ3n) is 2.42. The maximum Gasteiger partial charge on any atom is 0.0957 e. The molecule has 0 saturated heterocycles. The van der Waals surface area contributed by atoms with Crippen LogP contribution in [0.3, 0.4) is 0 Å². The zero-order valence-corrected chi connectivity index (χ0v) is 9.48. The Morgan fingerprint density at radius 1 is 1.41 bits per heavy atom. The van der Waals surface area contributed by atoms with Crippen molar-refractivity contribution < 1.29 is 0 Å². The van der Waals surface area contributed by atoms with Crippen molar-refractivity contribution in [2.75, 3.05) is 0 Å². The van der Waals surface area contributed by atoms with Crippen molar-refractivity contribution >= 4 is 0 Å². The highest BCUT2D eigenvalue weighted by atomic mass is 15.3. The van der Waals surface area contributed by atoms with Crippen LogP contribution in [-0.4, -0.2) is 14.8 Å². The van der Waals surface area contributed by atoms with E-state index in [1.807, 2.05) is 29.9 Å². The monoisotopic (exact) mass is 228 g/mol. The SMILES string of the molecule is CCn1cc(CN=[N+]=[N-])c(-c2ccncc2)n1. The number of nitrogens with zero attached hydrogens (tertiary/aromatic N) is 6. The molecule has 2 aromatic heterocycles. The Bertz CT molecular complexity index is 538. The van der Waals surface area contributed by atoms with E-state index in [4.69, 9.17) is 5.53 Å². The van der Waals surface area contributed by atoms with Gasteiger partial charge in [0.05, 0.1) is 12.2 Å². The van der Waals surface area contributed by atoms with E-state index in [0.29, 0.717) is 6.54 Å². The Hall–Kier alpha value is -2.33. The maximum absolute atomic E-state index is 8.37. The van der Waals surface area contributed by atoms with E-state index in [0.717, 1.165) is 23.4 Å². The molecular weight excluding hydrogens is 216 g/mol. The summed E-state index contributed by atoms with van der Waals surface area (Å²) in [5.74, 6) is 0. The van der Waals surface area contributed by atoms with Gasteiger partial charge in [-0.25, -0.2) is 0 Å². The molecule has 0 aromatic carbocycles. The molecule has 6 nitrogen and oxygen atoms in total. The van der Waals surface area contributed by atoms with E-state index < -0.39 is 0 Å². The molecule has 0 saturated carbocycles. The van der Waals surface area contributed by atoms with Gasteiger partial charge in [-0.05, 0) is 24.6 Å². The fraction of sp³-hybridized carbons (Fsp3) is 0.273. The van der Waals surface area contributed by atoms with Gasteiger partial charge in [-0.15, -0.1) is 0 Å². The van der Waals surface area contributed by atoms with Crippen LogP contribution in [0.15, 0.2) is 35.8 Å². The topological polar surface area (TPSA) is 79.5 Å². The van der Waals surface area contributed by atoms with Gasteiger partial charge in [-0.2, -0.15) is 5.10 Å². The zero-order chi connectivity index (χ0) is 12.1. The van der Waals surface area contributed by atoms with Gasteiger partial charge in [0.15, 0.2) is 0 Å². The Labute approximate surface area is 98.5 Å². The standard InChI is InChI=1S/C11H12N6/c1-2-17-8-10(7-14-16-12)11(15-17)9-3-5-13-6-4-9/h3-6,8H,2,7H2,1H3. The van der Waals surface area contributed by atoms with E-state index in [2.05, 4.69) is 20.1 Å². The minimum absolute atomic E-state index is 0.314. The smallest absolute Gasteiger partial charge is 0.0957 e. The summed E-state index contributed by atoms with van der Waals surface area (Å²) in [4.78, 5) is 6.75. The number of aromatic nitrogens is 3. The molecule has 0 bridgehead atoms. The number of pyridine rings is 1. The first-order chi connectivity index (χ1) is 8.35.